The van der Waals surface area contributed by atoms with E-state index in [-0.39, 0.29) is 5.91 Å². The molecule has 16 heavy (non-hydrogen) atoms. The summed E-state index contributed by atoms with van der Waals surface area (Å²) in [6.45, 7) is 6.57. The van der Waals surface area contributed by atoms with Crippen molar-refractivity contribution in [3.63, 3.8) is 0 Å². The Morgan fingerprint density at radius 3 is 2.81 bits per heavy atom. The standard InChI is InChI=1S/C13H18N2O/c1-10-3-4-12(11(2)9-10)15-8-7-14-6-5-13(15)16/h3-4,9,14H,5-8H2,1-2H3. The summed E-state index contributed by atoms with van der Waals surface area (Å²) in [5, 5.41) is 3.25. The largest absolute Gasteiger partial charge is 0.314 e. The van der Waals surface area contributed by atoms with E-state index in [9.17, 15) is 4.79 Å². The molecule has 0 atom stereocenters. The third kappa shape index (κ3) is 2.25. The molecule has 0 saturated carbocycles. The molecule has 86 valence electrons. The molecule has 1 aromatic rings. The maximum absolute atomic E-state index is 11.9. The van der Waals surface area contributed by atoms with Crippen molar-refractivity contribution >= 4 is 11.6 Å². The number of hydrogen-bond donors (Lipinski definition) is 1. The lowest BCUT2D eigenvalue weighted by Crippen LogP contribution is -2.32. The molecular weight excluding hydrogens is 200 g/mol. The van der Waals surface area contributed by atoms with Gasteiger partial charge in [0.25, 0.3) is 0 Å². The monoisotopic (exact) mass is 218 g/mol. The van der Waals surface area contributed by atoms with Gasteiger partial charge in [0.15, 0.2) is 0 Å². The minimum absolute atomic E-state index is 0.219. The van der Waals surface area contributed by atoms with E-state index in [4.69, 9.17) is 0 Å². The topological polar surface area (TPSA) is 32.3 Å². The van der Waals surface area contributed by atoms with Crippen LogP contribution >= 0.6 is 0 Å². The Morgan fingerprint density at radius 2 is 2.06 bits per heavy atom. The fraction of sp³-hybridized carbons (Fsp3) is 0.462. The fourth-order valence-electron chi connectivity index (χ4n) is 2.13. The molecule has 1 aromatic carbocycles. The van der Waals surface area contributed by atoms with Gasteiger partial charge in [0, 0.05) is 31.7 Å². The molecule has 3 heteroatoms. The number of carbonyl (C=O) groups excluding carboxylic acids is 1. The predicted molar refractivity (Wildman–Crippen MR) is 65.8 cm³/mol. The van der Waals surface area contributed by atoms with Crippen molar-refractivity contribution in [3.05, 3.63) is 29.3 Å². The van der Waals surface area contributed by atoms with Gasteiger partial charge >= 0.3 is 0 Å². The van der Waals surface area contributed by atoms with E-state index < -0.39 is 0 Å². The molecule has 0 bridgehead atoms. The van der Waals surface area contributed by atoms with Gasteiger partial charge in [0.1, 0.15) is 0 Å². The first-order valence-electron chi connectivity index (χ1n) is 5.77. The molecule has 1 saturated heterocycles. The van der Waals surface area contributed by atoms with Crippen LogP contribution in [0.1, 0.15) is 17.5 Å². The average molecular weight is 218 g/mol. The lowest BCUT2D eigenvalue weighted by molar-refractivity contribution is -0.118. The molecule has 0 unspecified atom stereocenters. The molecule has 1 amide bonds. The van der Waals surface area contributed by atoms with E-state index in [1.807, 2.05) is 11.0 Å². The van der Waals surface area contributed by atoms with Crippen LogP contribution in [0.2, 0.25) is 0 Å². The van der Waals surface area contributed by atoms with Crippen molar-refractivity contribution in [2.75, 3.05) is 24.5 Å². The number of amides is 1. The Kier molecular flexibility index (Phi) is 3.25. The Hall–Kier alpha value is -1.35. The van der Waals surface area contributed by atoms with Crippen LogP contribution in [0.5, 0.6) is 0 Å². The van der Waals surface area contributed by atoms with Crippen LogP contribution < -0.4 is 10.2 Å². The second-order valence-electron chi connectivity index (χ2n) is 4.34. The van der Waals surface area contributed by atoms with E-state index in [1.165, 1.54) is 11.1 Å². The van der Waals surface area contributed by atoms with E-state index >= 15 is 0 Å². The highest BCUT2D eigenvalue weighted by Crippen LogP contribution is 2.22. The van der Waals surface area contributed by atoms with E-state index in [2.05, 4.69) is 31.3 Å². The Bertz CT molecular complexity index is 401. The molecule has 1 heterocycles. The normalized spacial score (nSPS) is 17.4. The SMILES string of the molecule is Cc1ccc(N2CCNCCC2=O)c(C)c1. The van der Waals surface area contributed by atoms with Crippen molar-refractivity contribution in [1.29, 1.82) is 0 Å². The molecule has 1 N–H and O–H groups in total. The van der Waals surface area contributed by atoms with Gasteiger partial charge in [-0.25, -0.2) is 0 Å². The van der Waals surface area contributed by atoms with E-state index in [1.54, 1.807) is 0 Å². The molecule has 1 aliphatic rings. The minimum Gasteiger partial charge on any atom is -0.314 e. The summed E-state index contributed by atoms with van der Waals surface area (Å²) in [7, 11) is 0. The van der Waals surface area contributed by atoms with Gasteiger partial charge in [-0.15, -0.1) is 0 Å². The van der Waals surface area contributed by atoms with Gasteiger partial charge in [0.2, 0.25) is 5.91 Å². The van der Waals surface area contributed by atoms with Crippen molar-refractivity contribution in [2.24, 2.45) is 0 Å². The lowest BCUT2D eigenvalue weighted by Gasteiger charge is -2.22. The summed E-state index contributed by atoms with van der Waals surface area (Å²) in [6, 6.07) is 6.24. The van der Waals surface area contributed by atoms with Crippen molar-refractivity contribution in [1.82, 2.24) is 5.32 Å². The molecular formula is C13H18N2O. The highest BCUT2D eigenvalue weighted by atomic mass is 16.2. The van der Waals surface area contributed by atoms with Gasteiger partial charge in [-0.1, -0.05) is 17.7 Å². The number of benzene rings is 1. The number of hydrogen-bond acceptors (Lipinski definition) is 2. The van der Waals surface area contributed by atoms with Gasteiger partial charge < -0.3 is 10.2 Å². The first-order chi connectivity index (χ1) is 7.68. The highest BCUT2D eigenvalue weighted by Gasteiger charge is 2.19. The lowest BCUT2D eigenvalue weighted by atomic mass is 10.1. The van der Waals surface area contributed by atoms with Gasteiger partial charge in [-0.3, -0.25) is 4.79 Å². The zero-order chi connectivity index (χ0) is 11.5. The Labute approximate surface area is 96.5 Å². The number of anilines is 1. The first kappa shape index (κ1) is 11.1. The van der Waals surface area contributed by atoms with Crippen LogP contribution in [0.25, 0.3) is 0 Å². The maximum atomic E-state index is 11.9. The molecule has 2 rings (SSSR count). The van der Waals surface area contributed by atoms with Crippen LogP contribution in [-0.4, -0.2) is 25.5 Å². The zero-order valence-corrected chi connectivity index (χ0v) is 9.92. The third-order valence-corrected chi connectivity index (χ3v) is 2.97. The van der Waals surface area contributed by atoms with Crippen molar-refractivity contribution in [2.45, 2.75) is 20.3 Å². The second-order valence-corrected chi connectivity index (χ2v) is 4.34. The number of nitrogens with one attached hydrogen (secondary N) is 1. The summed E-state index contributed by atoms with van der Waals surface area (Å²) in [4.78, 5) is 13.8. The summed E-state index contributed by atoms with van der Waals surface area (Å²) in [5.74, 6) is 0.219. The quantitative estimate of drug-likeness (QED) is 0.777. The molecule has 0 radical (unpaired) electrons. The van der Waals surface area contributed by atoms with Crippen LogP contribution in [0.4, 0.5) is 5.69 Å². The fourth-order valence-corrected chi connectivity index (χ4v) is 2.13. The summed E-state index contributed by atoms with van der Waals surface area (Å²) < 4.78 is 0. The third-order valence-electron chi connectivity index (χ3n) is 2.97. The zero-order valence-electron chi connectivity index (χ0n) is 9.92. The molecule has 0 spiro atoms. The molecule has 3 nitrogen and oxygen atoms in total. The summed E-state index contributed by atoms with van der Waals surface area (Å²) in [5.41, 5.74) is 3.47. The molecule has 0 aromatic heterocycles. The van der Waals surface area contributed by atoms with Crippen LogP contribution in [0.15, 0.2) is 18.2 Å². The summed E-state index contributed by atoms with van der Waals surface area (Å²) >= 11 is 0. The van der Waals surface area contributed by atoms with Crippen molar-refractivity contribution < 1.29 is 4.79 Å². The minimum atomic E-state index is 0.219. The Morgan fingerprint density at radius 1 is 1.25 bits per heavy atom. The predicted octanol–water partition coefficient (Wildman–Crippen LogP) is 1.63. The van der Waals surface area contributed by atoms with Gasteiger partial charge in [-0.2, -0.15) is 0 Å². The molecule has 1 aliphatic heterocycles. The smallest absolute Gasteiger partial charge is 0.228 e. The van der Waals surface area contributed by atoms with Gasteiger partial charge in [-0.05, 0) is 25.5 Å². The molecule has 0 aliphatic carbocycles. The van der Waals surface area contributed by atoms with E-state index in [0.717, 1.165) is 25.3 Å². The van der Waals surface area contributed by atoms with Gasteiger partial charge in [0.05, 0.1) is 0 Å². The Balaban J connectivity index is 2.30. The van der Waals surface area contributed by atoms with Crippen molar-refractivity contribution in [3.8, 4) is 0 Å². The summed E-state index contributed by atoms with van der Waals surface area (Å²) in [6.07, 6.45) is 0.591. The number of carbonyl (C=O) groups is 1. The number of nitrogens with zero attached hydrogens (tertiary/aromatic N) is 1. The first-order valence-corrected chi connectivity index (χ1v) is 5.77. The molecule has 1 fully saturated rings. The average Bonchev–Trinajstić information content (AvgIpc) is 2.44. The van der Waals surface area contributed by atoms with Crippen LogP contribution in [0, 0.1) is 13.8 Å². The number of rotatable bonds is 1. The highest BCUT2D eigenvalue weighted by molar-refractivity contribution is 5.94. The second kappa shape index (κ2) is 4.66. The van der Waals surface area contributed by atoms with Crippen LogP contribution in [0.3, 0.4) is 0 Å². The number of aryl methyl sites for hydroxylation is 2. The maximum Gasteiger partial charge on any atom is 0.228 e. The van der Waals surface area contributed by atoms with Crippen LogP contribution in [-0.2, 0) is 4.79 Å². The van der Waals surface area contributed by atoms with E-state index in [0.29, 0.717) is 6.42 Å².